The molecule has 3 aromatic rings. The average molecular weight is 374 g/mol. The number of nitrogens with zero attached hydrogens (tertiary/aromatic N) is 3. The van der Waals surface area contributed by atoms with Gasteiger partial charge in [0, 0.05) is 11.6 Å². The number of esters is 1. The third kappa shape index (κ3) is 3.70. The van der Waals surface area contributed by atoms with Crippen LogP contribution in [-0.2, 0) is 11.3 Å². The van der Waals surface area contributed by atoms with Gasteiger partial charge in [-0.05, 0) is 25.1 Å². The Bertz CT molecular complexity index is 986. The minimum absolute atomic E-state index is 0.0631. The number of hydrogen-bond donors (Lipinski definition) is 0. The Morgan fingerprint density at radius 2 is 2.04 bits per heavy atom. The first-order chi connectivity index (χ1) is 12.5. The van der Waals surface area contributed by atoms with Gasteiger partial charge in [-0.3, -0.25) is 10.1 Å². The van der Waals surface area contributed by atoms with Gasteiger partial charge < -0.3 is 9.15 Å². The Hall–Kier alpha value is -3.26. The normalized spacial score (nSPS) is 10.5. The van der Waals surface area contributed by atoms with Crippen molar-refractivity contribution in [3.63, 3.8) is 0 Å². The van der Waals surface area contributed by atoms with E-state index < -0.39 is 10.9 Å². The second-order valence-electron chi connectivity index (χ2n) is 5.32. The van der Waals surface area contributed by atoms with E-state index in [4.69, 9.17) is 20.8 Å². The highest BCUT2D eigenvalue weighted by atomic mass is 35.5. The number of nitro groups is 1. The van der Waals surface area contributed by atoms with Crippen LogP contribution in [0.3, 0.4) is 0 Å². The highest BCUT2D eigenvalue weighted by molar-refractivity contribution is 6.33. The molecule has 132 valence electrons. The van der Waals surface area contributed by atoms with Crippen LogP contribution in [0.2, 0.25) is 5.02 Å². The second kappa shape index (κ2) is 7.32. The molecule has 2 aromatic carbocycles. The molecule has 0 bridgehead atoms. The third-order valence-corrected chi connectivity index (χ3v) is 3.87. The largest absolute Gasteiger partial charge is 0.452 e. The van der Waals surface area contributed by atoms with E-state index in [9.17, 15) is 14.9 Å². The summed E-state index contributed by atoms with van der Waals surface area (Å²) in [5.41, 5.74) is 0.924. The molecule has 9 heteroatoms. The summed E-state index contributed by atoms with van der Waals surface area (Å²) in [5.74, 6) is -0.451. The quantitative estimate of drug-likeness (QED) is 0.378. The molecule has 0 amide bonds. The van der Waals surface area contributed by atoms with Gasteiger partial charge in [0.15, 0.2) is 6.61 Å². The van der Waals surface area contributed by atoms with Crippen LogP contribution in [0.4, 0.5) is 5.69 Å². The maximum atomic E-state index is 12.1. The summed E-state index contributed by atoms with van der Waals surface area (Å²) in [7, 11) is 0. The standard InChI is InChI=1S/C17H12ClN3O5/c1-10-6-7-11(8-14(10)21(23)24)17(22)25-9-15-19-20-16(26-15)12-4-2-3-5-13(12)18/h2-8H,9H2,1H3. The zero-order valence-corrected chi connectivity index (χ0v) is 14.3. The minimum atomic E-state index is -0.731. The number of hydrogen-bond acceptors (Lipinski definition) is 7. The molecule has 3 rings (SSSR count). The zero-order valence-electron chi connectivity index (χ0n) is 13.5. The van der Waals surface area contributed by atoms with Gasteiger partial charge in [0.2, 0.25) is 5.89 Å². The maximum absolute atomic E-state index is 12.1. The van der Waals surface area contributed by atoms with Crippen LogP contribution in [-0.4, -0.2) is 21.1 Å². The van der Waals surface area contributed by atoms with Gasteiger partial charge >= 0.3 is 5.97 Å². The van der Waals surface area contributed by atoms with Crippen LogP contribution in [0, 0.1) is 17.0 Å². The van der Waals surface area contributed by atoms with Gasteiger partial charge in [-0.25, -0.2) is 4.79 Å². The van der Waals surface area contributed by atoms with E-state index in [-0.39, 0.29) is 29.6 Å². The molecule has 0 saturated heterocycles. The summed E-state index contributed by atoms with van der Waals surface area (Å²) in [4.78, 5) is 22.5. The number of carbonyl (C=O) groups excluding carboxylic acids is 1. The zero-order chi connectivity index (χ0) is 18.7. The number of rotatable bonds is 5. The molecule has 0 fully saturated rings. The van der Waals surface area contributed by atoms with E-state index in [2.05, 4.69) is 10.2 Å². The Morgan fingerprint density at radius 3 is 2.77 bits per heavy atom. The number of carbonyl (C=O) groups is 1. The molecule has 1 aromatic heterocycles. The third-order valence-electron chi connectivity index (χ3n) is 3.54. The summed E-state index contributed by atoms with van der Waals surface area (Å²) >= 11 is 6.06. The van der Waals surface area contributed by atoms with Crippen LogP contribution < -0.4 is 0 Å². The molecule has 8 nitrogen and oxygen atoms in total. The number of benzene rings is 2. The fourth-order valence-corrected chi connectivity index (χ4v) is 2.42. The van der Waals surface area contributed by atoms with Crippen molar-refractivity contribution < 1.29 is 18.9 Å². The van der Waals surface area contributed by atoms with Crippen molar-refractivity contribution in [2.24, 2.45) is 0 Å². The highest BCUT2D eigenvalue weighted by Gasteiger charge is 2.17. The highest BCUT2D eigenvalue weighted by Crippen LogP contribution is 2.26. The monoisotopic (exact) mass is 373 g/mol. The second-order valence-corrected chi connectivity index (χ2v) is 5.72. The molecule has 0 aliphatic rings. The predicted molar refractivity (Wildman–Crippen MR) is 91.7 cm³/mol. The molecule has 0 N–H and O–H groups in total. The molecule has 0 saturated carbocycles. The van der Waals surface area contributed by atoms with Crippen molar-refractivity contribution in [2.45, 2.75) is 13.5 Å². The van der Waals surface area contributed by atoms with Gasteiger partial charge in [0.25, 0.3) is 11.6 Å². The van der Waals surface area contributed by atoms with Crippen molar-refractivity contribution in [1.29, 1.82) is 0 Å². The molecule has 0 unspecified atom stereocenters. The van der Waals surface area contributed by atoms with Crippen molar-refractivity contribution in [2.75, 3.05) is 0 Å². The molecule has 0 aliphatic carbocycles. The molecular weight excluding hydrogens is 362 g/mol. The van der Waals surface area contributed by atoms with Gasteiger partial charge in [-0.1, -0.05) is 29.8 Å². The molecule has 0 radical (unpaired) electrons. The molecule has 0 aliphatic heterocycles. The Balaban J connectivity index is 1.70. The van der Waals surface area contributed by atoms with Crippen LogP contribution in [0.25, 0.3) is 11.5 Å². The van der Waals surface area contributed by atoms with E-state index in [1.165, 1.54) is 18.2 Å². The fourth-order valence-electron chi connectivity index (χ4n) is 2.20. The first-order valence-corrected chi connectivity index (χ1v) is 7.83. The minimum Gasteiger partial charge on any atom is -0.452 e. The summed E-state index contributed by atoms with van der Waals surface area (Å²) in [6.45, 7) is 1.32. The Morgan fingerprint density at radius 1 is 1.27 bits per heavy atom. The van der Waals surface area contributed by atoms with E-state index >= 15 is 0 Å². The Labute approximate surface area is 152 Å². The van der Waals surface area contributed by atoms with E-state index in [1.807, 2.05) is 0 Å². The van der Waals surface area contributed by atoms with Gasteiger partial charge in [0.1, 0.15) is 0 Å². The average Bonchev–Trinajstić information content (AvgIpc) is 3.09. The summed E-state index contributed by atoms with van der Waals surface area (Å²) in [5, 5.41) is 19.1. The lowest BCUT2D eigenvalue weighted by Crippen LogP contribution is -2.06. The molecule has 0 spiro atoms. The van der Waals surface area contributed by atoms with Crippen molar-refractivity contribution in [3.05, 3.63) is 74.6 Å². The first kappa shape index (κ1) is 17.6. The van der Waals surface area contributed by atoms with Crippen LogP contribution in [0.5, 0.6) is 0 Å². The number of aromatic nitrogens is 2. The maximum Gasteiger partial charge on any atom is 0.338 e. The SMILES string of the molecule is Cc1ccc(C(=O)OCc2nnc(-c3ccccc3Cl)o2)cc1[N+](=O)[O-]. The molecule has 1 heterocycles. The van der Waals surface area contributed by atoms with Crippen molar-refractivity contribution in [3.8, 4) is 11.5 Å². The van der Waals surface area contributed by atoms with Crippen LogP contribution >= 0.6 is 11.6 Å². The van der Waals surface area contributed by atoms with Gasteiger partial charge in [-0.2, -0.15) is 0 Å². The summed E-state index contributed by atoms with van der Waals surface area (Å²) < 4.78 is 10.5. The van der Waals surface area contributed by atoms with E-state index in [0.717, 1.165) is 0 Å². The van der Waals surface area contributed by atoms with Crippen molar-refractivity contribution in [1.82, 2.24) is 10.2 Å². The van der Waals surface area contributed by atoms with Crippen molar-refractivity contribution >= 4 is 23.3 Å². The van der Waals surface area contributed by atoms with E-state index in [1.54, 1.807) is 31.2 Å². The van der Waals surface area contributed by atoms with Crippen LogP contribution in [0.15, 0.2) is 46.9 Å². The molecular formula is C17H12ClN3O5. The fraction of sp³-hybridized carbons (Fsp3) is 0.118. The summed E-state index contributed by atoms with van der Waals surface area (Å²) in [6.07, 6.45) is 0. The topological polar surface area (TPSA) is 108 Å². The molecule has 0 atom stereocenters. The van der Waals surface area contributed by atoms with Crippen LogP contribution in [0.1, 0.15) is 21.8 Å². The smallest absolute Gasteiger partial charge is 0.338 e. The first-order valence-electron chi connectivity index (χ1n) is 7.45. The number of aryl methyl sites for hydroxylation is 1. The lowest BCUT2D eigenvalue weighted by Gasteiger charge is -2.03. The predicted octanol–water partition coefficient (Wildman–Crippen LogP) is 3.96. The number of ether oxygens (including phenoxy) is 1. The number of nitro benzene ring substituents is 1. The van der Waals surface area contributed by atoms with Gasteiger partial charge in [-0.15, -0.1) is 10.2 Å². The van der Waals surface area contributed by atoms with E-state index in [0.29, 0.717) is 16.1 Å². The lowest BCUT2D eigenvalue weighted by atomic mass is 10.1. The van der Waals surface area contributed by atoms with Gasteiger partial charge in [0.05, 0.1) is 21.1 Å². The lowest BCUT2D eigenvalue weighted by molar-refractivity contribution is -0.385. The summed E-state index contributed by atoms with van der Waals surface area (Å²) in [6, 6.07) is 11.1. The molecule has 26 heavy (non-hydrogen) atoms. The number of halogens is 1. The Kier molecular flexibility index (Phi) is 4.94.